The van der Waals surface area contributed by atoms with Crippen molar-refractivity contribution in [3.8, 4) is 17.1 Å². The molecule has 1 saturated heterocycles. The topological polar surface area (TPSA) is 80.5 Å². The highest BCUT2D eigenvalue weighted by Gasteiger charge is 2.28. The molecule has 7 heteroatoms. The summed E-state index contributed by atoms with van der Waals surface area (Å²) in [4.78, 5) is 19.2. The largest absolute Gasteiger partial charge is 0.497 e. The van der Waals surface area contributed by atoms with Crippen LogP contribution in [0.5, 0.6) is 5.75 Å². The number of hydrogen-bond donors (Lipinski definition) is 1. The molecule has 30 heavy (non-hydrogen) atoms. The van der Waals surface area contributed by atoms with Crippen molar-refractivity contribution >= 4 is 11.9 Å². The van der Waals surface area contributed by atoms with Crippen molar-refractivity contribution in [2.75, 3.05) is 31.6 Å². The molecule has 1 aromatic heterocycles. The third-order valence-corrected chi connectivity index (χ3v) is 5.38. The fourth-order valence-corrected chi connectivity index (χ4v) is 3.69. The number of carbonyl (C=O) groups excluding carboxylic acids is 1. The Labute approximate surface area is 176 Å². The Kier molecular flexibility index (Phi) is 6.27. The number of piperidine rings is 1. The van der Waals surface area contributed by atoms with E-state index in [4.69, 9.17) is 9.26 Å². The first-order valence-electron chi connectivity index (χ1n) is 10.3. The van der Waals surface area contributed by atoms with Crippen LogP contribution >= 0.6 is 0 Å². The Morgan fingerprint density at radius 1 is 1.20 bits per heavy atom. The van der Waals surface area contributed by atoms with Gasteiger partial charge in [0.05, 0.1) is 13.0 Å². The average molecular weight is 406 g/mol. The van der Waals surface area contributed by atoms with Gasteiger partial charge < -0.3 is 19.5 Å². The predicted molar refractivity (Wildman–Crippen MR) is 114 cm³/mol. The second-order valence-electron chi connectivity index (χ2n) is 7.44. The molecular formula is C23H26N4O3. The van der Waals surface area contributed by atoms with Gasteiger partial charge in [-0.1, -0.05) is 35.5 Å². The summed E-state index contributed by atoms with van der Waals surface area (Å²) in [5.41, 5.74) is 2.08. The average Bonchev–Trinajstić information content (AvgIpc) is 3.30. The van der Waals surface area contributed by atoms with Crippen LogP contribution in [0.25, 0.3) is 11.4 Å². The van der Waals surface area contributed by atoms with E-state index in [1.165, 1.54) is 5.56 Å². The van der Waals surface area contributed by atoms with Gasteiger partial charge in [-0.3, -0.25) is 4.79 Å². The molecule has 2 heterocycles. The Morgan fingerprint density at radius 2 is 2.00 bits per heavy atom. The number of ether oxygens (including phenoxy) is 1. The maximum absolute atomic E-state index is 12.6. The van der Waals surface area contributed by atoms with Crippen molar-refractivity contribution in [2.24, 2.45) is 5.92 Å². The Morgan fingerprint density at radius 3 is 2.77 bits per heavy atom. The maximum atomic E-state index is 12.6. The minimum Gasteiger partial charge on any atom is -0.497 e. The summed E-state index contributed by atoms with van der Waals surface area (Å²) < 4.78 is 10.7. The van der Waals surface area contributed by atoms with Crippen LogP contribution in [-0.2, 0) is 11.2 Å². The lowest BCUT2D eigenvalue weighted by Crippen LogP contribution is -2.43. The minimum atomic E-state index is -0.0779. The van der Waals surface area contributed by atoms with Crippen molar-refractivity contribution in [1.82, 2.24) is 15.5 Å². The van der Waals surface area contributed by atoms with E-state index in [1.807, 2.05) is 47.4 Å². The van der Waals surface area contributed by atoms with E-state index in [0.717, 1.165) is 37.1 Å². The van der Waals surface area contributed by atoms with E-state index in [-0.39, 0.29) is 11.8 Å². The molecule has 0 aliphatic carbocycles. The first kappa shape index (κ1) is 19.9. The second kappa shape index (κ2) is 9.43. The Hall–Kier alpha value is -3.35. The first-order valence-corrected chi connectivity index (χ1v) is 10.3. The molecule has 7 nitrogen and oxygen atoms in total. The van der Waals surface area contributed by atoms with Gasteiger partial charge in [-0.05, 0) is 49.1 Å². The van der Waals surface area contributed by atoms with Gasteiger partial charge >= 0.3 is 6.01 Å². The molecule has 0 spiro atoms. The number of methoxy groups -OCH3 is 1. The van der Waals surface area contributed by atoms with E-state index < -0.39 is 0 Å². The number of benzene rings is 2. The summed E-state index contributed by atoms with van der Waals surface area (Å²) in [6.45, 7) is 2.03. The molecule has 2 aromatic carbocycles. The van der Waals surface area contributed by atoms with E-state index in [9.17, 15) is 4.79 Å². The normalized spacial score (nSPS) is 16.3. The van der Waals surface area contributed by atoms with E-state index in [1.54, 1.807) is 7.11 Å². The summed E-state index contributed by atoms with van der Waals surface area (Å²) in [5, 5.41) is 7.17. The van der Waals surface area contributed by atoms with Gasteiger partial charge in [0.2, 0.25) is 11.7 Å². The van der Waals surface area contributed by atoms with Crippen LogP contribution in [-0.4, -0.2) is 42.8 Å². The van der Waals surface area contributed by atoms with Gasteiger partial charge in [-0.25, -0.2) is 0 Å². The number of carbonyl (C=O) groups is 1. The van der Waals surface area contributed by atoms with E-state index in [0.29, 0.717) is 24.9 Å². The SMILES string of the molecule is COc1ccc(-c2noc(N3CCCC(C(=O)NCCc4ccccc4)C3)n2)cc1. The molecule has 1 amide bonds. The smallest absolute Gasteiger partial charge is 0.324 e. The summed E-state index contributed by atoms with van der Waals surface area (Å²) in [6, 6.07) is 18.2. The quantitative estimate of drug-likeness (QED) is 0.648. The summed E-state index contributed by atoms with van der Waals surface area (Å²) in [5.74, 6) is 1.32. The van der Waals surface area contributed by atoms with Crippen molar-refractivity contribution in [3.05, 3.63) is 60.2 Å². The van der Waals surface area contributed by atoms with Gasteiger partial charge in [-0.15, -0.1) is 0 Å². The van der Waals surface area contributed by atoms with Crippen LogP contribution in [0.4, 0.5) is 6.01 Å². The van der Waals surface area contributed by atoms with Crippen LogP contribution < -0.4 is 15.0 Å². The number of nitrogens with zero attached hydrogens (tertiary/aromatic N) is 3. The highest BCUT2D eigenvalue weighted by Crippen LogP contribution is 2.25. The molecule has 1 aliphatic rings. The van der Waals surface area contributed by atoms with E-state index >= 15 is 0 Å². The molecule has 1 N–H and O–H groups in total. The minimum absolute atomic E-state index is 0.0779. The molecule has 156 valence electrons. The van der Waals surface area contributed by atoms with Crippen molar-refractivity contribution in [2.45, 2.75) is 19.3 Å². The molecule has 3 aromatic rings. The summed E-state index contributed by atoms with van der Waals surface area (Å²) in [6.07, 6.45) is 2.61. The lowest BCUT2D eigenvalue weighted by atomic mass is 9.97. The number of anilines is 1. The molecule has 0 bridgehead atoms. The molecule has 0 radical (unpaired) electrons. The van der Waals surface area contributed by atoms with Gasteiger partial charge in [0.1, 0.15) is 5.75 Å². The highest BCUT2D eigenvalue weighted by molar-refractivity contribution is 5.79. The zero-order valence-electron chi connectivity index (χ0n) is 17.1. The fourth-order valence-electron chi connectivity index (χ4n) is 3.69. The number of rotatable bonds is 7. The molecule has 0 saturated carbocycles. The lowest BCUT2D eigenvalue weighted by Gasteiger charge is -2.30. The highest BCUT2D eigenvalue weighted by atomic mass is 16.5. The number of nitrogens with one attached hydrogen (secondary N) is 1. The molecular weight excluding hydrogens is 380 g/mol. The summed E-state index contributed by atoms with van der Waals surface area (Å²) in [7, 11) is 1.63. The molecule has 1 aliphatic heterocycles. The van der Waals surface area contributed by atoms with Crippen molar-refractivity contribution in [1.29, 1.82) is 0 Å². The maximum Gasteiger partial charge on any atom is 0.324 e. The fraction of sp³-hybridized carbons (Fsp3) is 0.348. The van der Waals surface area contributed by atoms with Gasteiger partial charge in [0, 0.05) is 25.2 Å². The van der Waals surface area contributed by atoms with Gasteiger partial charge in [0.25, 0.3) is 0 Å². The van der Waals surface area contributed by atoms with Crippen LogP contribution in [0.3, 0.4) is 0 Å². The first-order chi connectivity index (χ1) is 14.7. The second-order valence-corrected chi connectivity index (χ2v) is 7.44. The van der Waals surface area contributed by atoms with Crippen LogP contribution in [0.15, 0.2) is 59.1 Å². The molecule has 4 rings (SSSR count). The Bertz CT molecular complexity index is 956. The number of hydrogen-bond acceptors (Lipinski definition) is 6. The third kappa shape index (κ3) is 4.79. The zero-order valence-corrected chi connectivity index (χ0v) is 17.1. The van der Waals surface area contributed by atoms with Crippen LogP contribution in [0, 0.1) is 5.92 Å². The Balaban J connectivity index is 1.33. The monoisotopic (exact) mass is 406 g/mol. The predicted octanol–water partition coefficient (Wildman–Crippen LogP) is 3.32. The summed E-state index contributed by atoms with van der Waals surface area (Å²) >= 11 is 0. The standard InChI is InChI=1S/C23H26N4O3/c1-29-20-11-9-18(10-12-20)21-25-23(30-26-21)27-15-5-8-19(16-27)22(28)24-14-13-17-6-3-2-4-7-17/h2-4,6-7,9-12,19H,5,8,13-16H2,1H3,(H,24,28). The molecule has 1 fully saturated rings. The van der Waals surface area contributed by atoms with Crippen LogP contribution in [0.1, 0.15) is 18.4 Å². The number of aromatic nitrogens is 2. The molecule has 1 atom stereocenters. The zero-order chi connectivity index (χ0) is 20.8. The van der Waals surface area contributed by atoms with Gasteiger partial charge in [-0.2, -0.15) is 4.98 Å². The van der Waals surface area contributed by atoms with Gasteiger partial charge in [0.15, 0.2) is 0 Å². The number of amides is 1. The molecule has 1 unspecified atom stereocenters. The third-order valence-electron chi connectivity index (χ3n) is 5.38. The lowest BCUT2D eigenvalue weighted by molar-refractivity contribution is -0.125. The van der Waals surface area contributed by atoms with Crippen LogP contribution in [0.2, 0.25) is 0 Å². The van der Waals surface area contributed by atoms with Crippen molar-refractivity contribution in [3.63, 3.8) is 0 Å². The van der Waals surface area contributed by atoms with E-state index in [2.05, 4.69) is 27.6 Å². The van der Waals surface area contributed by atoms with Crippen molar-refractivity contribution < 1.29 is 14.1 Å².